The lowest BCUT2D eigenvalue weighted by atomic mass is 9.96. The third-order valence-electron chi connectivity index (χ3n) is 3.57. The Morgan fingerprint density at radius 1 is 1.56 bits per heavy atom. The van der Waals surface area contributed by atoms with Crippen LogP contribution in [0, 0.1) is 0 Å². The highest BCUT2D eigenvalue weighted by molar-refractivity contribution is 5.80. The lowest BCUT2D eigenvalue weighted by molar-refractivity contribution is -0.150. The Kier molecular flexibility index (Phi) is 5.56. The van der Waals surface area contributed by atoms with Gasteiger partial charge in [-0.3, -0.25) is 9.69 Å². The topological polar surface area (TPSA) is 64.8 Å². The molecule has 0 spiro atoms. The fraction of sp³-hybridized carbons (Fsp3) is 0.923. The van der Waals surface area contributed by atoms with Gasteiger partial charge in [0, 0.05) is 26.2 Å². The molecule has 106 valence electrons. The first-order valence-corrected chi connectivity index (χ1v) is 6.63. The van der Waals surface area contributed by atoms with E-state index in [-0.39, 0.29) is 5.97 Å². The van der Waals surface area contributed by atoms with Gasteiger partial charge in [-0.1, -0.05) is 0 Å². The molecule has 0 amide bonds. The Morgan fingerprint density at radius 2 is 2.22 bits per heavy atom. The fourth-order valence-corrected chi connectivity index (χ4v) is 2.41. The number of hydrogen-bond acceptors (Lipinski definition) is 5. The molecule has 2 N–H and O–H groups in total. The average molecular weight is 258 g/mol. The van der Waals surface area contributed by atoms with Crippen LogP contribution >= 0.6 is 0 Å². The van der Waals surface area contributed by atoms with Crippen molar-refractivity contribution < 1.29 is 14.3 Å². The minimum absolute atomic E-state index is 0.322. The van der Waals surface area contributed by atoms with E-state index in [2.05, 4.69) is 11.8 Å². The number of nitrogens with two attached hydrogens (primary N) is 1. The van der Waals surface area contributed by atoms with Crippen molar-refractivity contribution in [3.05, 3.63) is 0 Å². The van der Waals surface area contributed by atoms with Crippen LogP contribution in [0.5, 0.6) is 0 Å². The first-order chi connectivity index (χ1) is 8.40. The Balaban J connectivity index is 2.54. The van der Waals surface area contributed by atoms with Crippen molar-refractivity contribution in [1.29, 1.82) is 0 Å². The zero-order valence-electron chi connectivity index (χ0n) is 11.9. The molecule has 1 aliphatic rings. The normalized spacial score (nSPS) is 28.7. The third-order valence-corrected chi connectivity index (χ3v) is 3.57. The summed E-state index contributed by atoms with van der Waals surface area (Å²) in [6.45, 7) is 7.48. The van der Waals surface area contributed by atoms with Gasteiger partial charge < -0.3 is 15.2 Å². The number of carbonyl (C=O) groups excluding carboxylic acids is 1. The van der Waals surface area contributed by atoms with E-state index >= 15 is 0 Å². The summed E-state index contributed by atoms with van der Waals surface area (Å²) in [6, 6.07) is 0.376. The predicted molar refractivity (Wildman–Crippen MR) is 70.3 cm³/mol. The summed E-state index contributed by atoms with van der Waals surface area (Å²) in [5.74, 6) is -0.328. The zero-order valence-corrected chi connectivity index (χ0v) is 11.9. The molecule has 0 aromatic rings. The van der Waals surface area contributed by atoms with Gasteiger partial charge in [0.05, 0.1) is 12.7 Å². The highest BCUT2D eigenvalue weighted by Crippen LogP contribution is 2.21. The maximum absolute atomic E-state index is 11.8. The minimum atomic E-state index is -0.940. The number of ether oxygens (including phenoxy) is 2. The number of carbonyl (C=O) groups is 1. The van der Waals surface area contributed by atoms with E-state index in [0.717, 1.165) is 19.4 Å². The number of likely N-dealkylation sites (tertiary alicyclic amines) is 1. The van der Waals surface area contributed by atoms with Gasteiger partial charge in [0.25, 0.3) is 0 Å². The van der Waals surface area contributed by atoms with Gasteiger partial charge in [0.1, 0.15) is 5.54 Å². The van der Waals surface area contributed by atoms with Gasteiger partial charge in [-0.15, -0.1) is 0 Å². The molecule has 5 nitrogen and oxygen atoms in total. The van der Waals surface area contributed by atoms with E-state index in [1.165, 1.54) is 0 Å². The second-order valence-corrected chi connectivity index (χ2v) is 5.34. The highest BCUT2D eigenvalue weighted by atomic mass is 16.5. The van der Waals surface area contributed by atoms with Crippen LogP contribution in [0.4, 0.5) is 0 Å². The molecule has 0 aliphatic carbocycles. The van der Waals surface area contributed by atoms with Crippen LogP contribution in [-0.4, -0.2) is 55.4 Å². The average Bonchev–Trinajstić information content (AvgIpc) is 2.32. The molecule has 0 bridgehead atoms. The van der Waals surface area contributed by atoms with Gasteiger partial charge in [-0.05, 0) is 33.6 Å². The summed E-state index contributed by atoms with van der Waals surface area (Å²) in [6.07, 6.45) is 2.29. The predicted octanol–water partition coefficient (Wildman–Crippen LogP) is 0.766. The van der Waals surface area contributed by atoms with Crippen LogP contribution in [0.15, 0.2) is 0 Å². The fourth-order valence-electron chi connectivity index (χ4n) is 2.41. The summed E-state index contributed by atoms with van der Waals surface area (Å²) in [5, 5.41) is 0. The van der Waals surface area contributed by atoms with Crippen LogP contribution in [0.25, 0.3) is 0 Å². The van der Waals surface area contributed by atoms with Gasteiger partial charge in [-0.25, -0.2) is 0 Å². The van der Waals surface area contributed by atoms with E-state index < -0.39 is 5.54 Å². The zero-order chi connectivity index (χ0) is 13.8. The molecule has 1 heterocycles. The van der Waals surface area contributed by atoms with Gasteiger partial charge in [0.15, 0.2) is 0 Å². The summed E-state index contributed by atoms with van der Waals surface area (Å²) in [7, 11) is 1.75. The quantitative estimate of drug-likeness (QED) is 0.738. The van der Waals surface area contributed by atoms with Gasteiger partial charge in [-0.2, -0.15) is 0 Å². The summed E-state index contributed by atoms with van der Waals surface area (Å²) >= 11 is 0. The van der Waals surface area contributed by atoms with E-state index in [4.69, 9.17) is 15.2 Å². The van der Waals surface area contributed by atoms with E-state index in [0.29, 0.717) is 25.3 Å². The second kappa shape index (κ2) is 6.50. The molecular weight excluding hydrogens is 232 g/mol. The first kappa shape index (κ1) is 15.4. The van der Waals surface area contributed by atoms with Crippen molar-refractivity contribution in [2.24, 2.45) is 5.73 Å². The van der Waals surface area contributed by atoms with Gasteiger partial charge >= 0.3 is 5.97 Å². The molecule has 0 saturated carbocycles. The molecule has 18 heavy (non-hydrogen) atoms. The highest BCUT2D eigenvalue weighted by Gasteiger charge is 2.35. The Hall–Kier alpha value is -0.650. The summed E-state index contributed by atoms with van der Waals surface area (Å²) < 4.78 is 10.4. The Morgan fingerprint density at radius 3 is 2.72 bits per heavy atom. The molecule has 5 heteroatoms. The molecule has 1 aliphatic heterocycles. The van der Waals surface area contributed by atoms with Crippen molar-refractivity contribution in [2.45, 2.75) is 51.3 Å². The number of piperidine rings is 1. The van der Waals surface area contributed by atoms with Crippen molar-refractivity contribution in [1.82, 2.24) is 4.90 Å². The number of methoxy groups -OCH3 is 1. The largest absolute Gasteiger partial charge is 0.465 e. The monoisotopic (exact) mass is 258 g/mol. The second-order valence-electron chi connectivity index (χ2n) is 5.34. The van der Waals surface area contributed by atoms with Crippen molar-refractivity contribution in [3.63, 3.8) is 0 Å². The van der Waals surface area contributed by atoms with Crippen molar-refractivity contribution in [2.75, 3.05) is 26.8 Å². The smallest absolute Gasteiger partial charge is 0.327 e. The maximum Gasteiger partial charge on any atom is 0.327 e. The Bertz CT molecular complexity index is 281. The molecule has 3 unspecified atom stereocenters. The minimum Gasteiger partial charge on any atom is -0.465 e. The molecule has 0 aromatic heterocycles. The molecule has 1 fully saturated rings. The van der Waals surface area contributed by atoms with E-state index in [9.17, 15) is 4.79 Å². The number of hydrogen-bond donors (Lipinski definition) is 1. The van der Waals surface area contributed by atoms with Gasteiger partial charge in [0.2, 0.25) is 0 Å². The lowest BCUT2D eigenvalue weighted by Crippen LogP contribution is -2.58. The third kappa shape index (κ3) is 3.93. The maximum atomic E-state index is 11.8. The van der Waals surface area contributed by atoms with Crippen molar-refractivity contribution in [3.8, 4) is 0 Å². The molecule has 0 aromatic carbocycles. The van der Waals surface area contributed by atoms with E-state index in [1.807, 2.05) is 0 Å². The summed E-state index contributed by atoms with van der Waals surface area (Å²) in [5.41, 5.74) is 5.12. The molecule has 3 atom stereocenters. The number of rotatable bonds is 5. The van der Waals surface area contributed by atoms with Crippen LogP contribution in [0.2, 0.25) is 0 Å². The standard InChI is InChI=1S/C13H26N2O3/c1-5-18-12(16)13(3,14)9-15-7-6-11(17-4)8-10(15)2/h10-11H,5-9,14H2,1-4H3. The lowest BCUT2D eigenvalue weighted by Gasteiger charge is -2.40. The summed E-state index contributed by atoms with van der Waals surface area (Å²) in [4.78, 5) is 14.0. The van der Waals surface area contributed by atoms with Crippen LogP contribution in [0.1, 0.15) is 33.6 Å². The molecular formula is C13H26N2O3. The van der Waals surface area contributed by atoms with E-state index in [1.54, 1.807) is 21.0 Å². The molecule has 1 saturated heterocycles. The number of esters is 1. The van der Waals surface area contributed by atoms with Crippen LogP contribution < -0.4 is 5.73 Å². The Labute approximate surface area is 110 Å². The van der Waals surface area contributed by atoms with Crippen LogP contribution in [0.3, 0.4) is 0 Å². The molecule has 1 rings (SSSR count). The SMILES string of the molecule is CCOC(=O)C(C)(N)CN1CCC(OC)CC1C. The van der Waals surface area contributed by atoms with Crippen molar-refractivity contribution >= 4 is 5.97 Å². The van der Waals surface area contributed by atoms with Crippen LogP contribution in [-0.2, 0) is 14.3 Å². The number of nitrogens with zero attached hydrogens (tertiary/aromatic N) is 1. The molecule has 0 radical (unpaired) electrons. The first-order valence-electron chi connectivity index (χ1n) is 6.63.